The van der Waals surface area contributed by atoms with Gasteiger partial charge in [-0.1, -0.05) is 26.7 Å². The smallest absolute Gasteiger partial charge is 0.367 e. The molecule has 0 aliphatic heterocycles. The highest BCUT2D eigenvalue weighted by Gasteiger charge is 2.18. The van der Waals surface area contributed by atoms with E-state index in [1.807, 2.05) is 13.8 Å². The molecule has 13 heavy (non-hydrogen) atoms. The zero-order valence-corrected chi connectivity index (χ0v) is 9.08. The molecule has 0 bridgehead atoms. The van der Waals surface area contributed by atoms with Crippen molar-refractivity contribution in [1.82, 2.24) is 0 Å². The van der Waals surface area contributed by atoms with Crippen molar-refractivity contribution in [2.24, 2.45) is 5.92 Å². The summed E-state index contributed by atoms with van der Waals surface area (Å²) in [6.07, 6.45) is 3.35. The molecule has 5 heteroatoms. The molecule has 0 radical (unpaired) electrons. The van der Waals surface area contributed by atoms with Crippen LogP contribution in [0, 0.1) is 5.92 Å². The minimum Gasteiger partial charge on any atom is -0.393 e. The van der Waals surface area contributed by atoms with Gasteiger partial charge in [-0.05, 0) is 12.8 Å². The highest BCUT2D eigenvalue weighted by molar-refractivity contribution is 7.32. The molecule has 78 valence electrons. The van der Waals surface area contributed by atoms with Gasteiger partial charge >= 0.3 is 14.2 Å². The zero-order chi connectivity index (χ0) is 10.3. The molecule has 0 aliphatic rings. The number of carbonyl (C=O) groups excluding carboxylic acids is 1. The van der Waals surface area contributed by atoms with Crippen LogP contribution in [0.3, 0.4) is 0 Å². The van der Waals surface area contributed by atoms with Crippen LogP contribution in [0.2, 0.25) is 0 Å². The van der Waals surface area contributed by atoms with Crippen LogP contribution >= 0.6 is 8.25 Å². The number of hydrogen-bond donors (Lipinski definition) is 1. The van der Waals surface area contributed by atoms with E-state index in [2.05, 4.69) is 4.52 Å². The molecule has 4 nitrogen and oxygen atoms in total. The van der Waals surface area contributed by atoms with Crippen LogP contribution in [0.15, 0.2) is 0 Å². The van der Waals surface area contributed by atoms with E-state index in [0.29, 0.717) is 6.42 Å². The Labute approximate surface area is 79.2 Å². The number of hydrogen-bond acceptors (Lipinski definition) is 3. The fourth-order valence-corrected chi connectivity index (χ4v) is 1.45. The summed E-state index contributed by atoms with van der Waals surface area (Å²) in [7, 11) is -3.11. The van der Waals surface area contributed by atoms with Crippen molar-refractivity contribution >= 4 is 14.2 Å². The summed E-state index contributed by atoms with van der Waals surface area (Å²) >= 11 is 0. The quantitative estimate of drug-likeness (QED) is 0.679. The van der Waals surface area contributed by atoms with E-state index in [-0.39, 0.29) is 5.92 Å². The zero-order valence-electron chi connectivity index (χ0n) is 8.08. The molecule has 0 rings (SSSR count). The van der Waals surface area contributed by atoms with Gasteiger partial charge in [-0.3, -0.25) is 4.79 Å². The van der Waals surface area contributed by atoms with Crippen molar-refractivity contribution in [3.63, 3.8) is 0 Å². The summed E-state index contributed by atoms with van der Waals surface area (Å²) in [6.45, 7) is 3.91. The van der Waals surface area contributed by atoms with Crippen molar-refractivity contribution in [2.75, 3.05) is 0 Å². The first kappa shape index (κ1) is 12.7. The highest BCUT2D eigenvalue weighted by Crippen LogP contribution is 2.22. The molecule has 0 fully saturated rings. The van der Waals surface area contributed by atoms with Gasteiger partial charge in [-0.25, -0.2) is 4.57 Å². The largest absolute Gasteiger partial charge is 0.393 e. The normalized spacial score (nSPS) is 15.0. The molecule has 1 N–H and O–H groups in total. The standard InChI is InChI=1S/C8H17O4P/c1-3-5-6-7(4-2)8(9)12-13(10)11/h7,13H,3-6H2,1-2H3,(H,10,11). The second-order valence-corrected chi connectivity index (χ2v) is 3.67. The first-order chi connectivity index (χ1) is 6.11. The number of rotatable bonds is 6. The fourth-order valence-electron chi connectivity index (χ4n) is 1.11. The SMILES string of the molecule is CCCCC(CC)C(=O)O[PH](=O)O. The molecule has 0 spiro atoms. The summed E-state index contributed by atoms with van der Waals surface area (Å²) in [6, 6.07) is 0. The number of carbonyl (C=O) groups is 1. The Kier molecular flexibility index (Phi) is 6.92. The minimum absolute atomic E-state index is 0.221. The van der Waals surface area contributed by atoms with Gasteiger partial charge in [-0.2, -0.15) is 0 Å². The molecule has 0 saturated heterocycles. The summed E-state index contributed by atoms with van der Waals surface area (Å²) < 4.78 is 14.5. The molecule has 0 aromatic heterocycles. The van der Waals surface area contributed by atoms with Crippen molar-refractivity contribution in [2.45, 2.75) is 39.5 Å². The summed E-state index contributed by atoms with van der Waals surface area (Å²) in [5, 5.41) is 0. The third kappa shape index (κ3) is 5.83. The van der Waals surface area contributed by atoms with Crippen LogP contribution < -0.4 is 0 Å². The lowest BCUT2D eigenvalue weighted by molar-refractivity contribution is -0.139. The first-order valence-electron chi connectivity index (χ1n) is 4.56. The van der Waals surface area contributed by atoms with Crippen LogP contribution in [0.4, 0.5) is 0 Å². The second kappa shape index (κ2) is 7.10. The van der Waals surface area contributed by atoms with Gasteiger partial charge in [-0.15, -0.1) is 0 Å². The van der Waals surface area contributed by atoms with E-state index >= 15 is 0 Å². The van der Waals surface area contributed by atoms with Crippen molar-refractivity contribution in [3.8, 4) is 0 Å². The van der Waals surface area contributed by atoms with Crippen molar-refractivity contribution in [3.05, 3.63) is 0 Å². The Morgan fingerprint density at radius 2 is 2.15 bits per heavy atom. The Hall–Kier alpha value is -0.340. The molecule has 0 amide bonds. The molecule has 0 aromatic carbocycles. The maximum Gasteiger partial charge on any atom is 0.367 e. The lowest BCUT2D eigenvalue weighted by Gasteiger charge is -2.11. The van der Waals surface area contributed by atoms with Gasteiger partial charge in [0, 0.05) is 0 Å². The molecule has 0 heterocycles. The van der Waals surface area contributed by atoms with E-state index in [4.69, 9.17) is 4.89 Å². The molecule has 0 aliphatic carbocycles. The van der Waals surface area contributed by atoms with E-state index < -0.39 is 14.2 Å². The average molecular weight is 208 g/mol. The average Bonchev–Trinajstić information content (AvgIpc) is 2.04. The van der Waals surface area contributed by atoms with Crippen LogP contribution in [0.1, 0.15) is 39.5 Å². The predicted octanol–water partition coefficient (Wildman–Crippen LogP) is 2.13. The van der Waals surface area contributed by atoms with Crippen LogP contribution in [-0.4, -0.2) is 10.9 Å². The molecular formula is C8H17O4P. The van der Waals surface area contributed by atoms with Crippen LogP contribution in [-0.2, 0) is 13.9 Å². The Bertz CT molecular complexity index is 181. The van der Waals surface area contributed by atoms with Gasteiger partial charge in [0.15, 0.2) is 0 Å². The fraction of sp³-hybridized carbons (Fsp3) is 0.875. The van der Waals surface area contributed by atoms with E-state index in [1.165, 1.54) is 0 Å². The maximum absolute atomic E-state index is 11.1. The van der Waals surface area contributed by atoms with Crippen molar-refractivity contribution < 1.29 is 18.8 Å². The molecule has 2 atom stereocenters. The van der Waals surface area contributed by atoms with Gasteiger partial charge in [0.05, 0.1) is 5.92 Å². The lowest BCUT2D eigenvalue weighted by Crippen LogP contribution is -2.14. The monoisotopic (exact) mass is 208 g/mol. The highest BCUT2D eigenvalue weighted by atomic mass is 31.1. The van der Waals surface area contributed by atoms with Gasteiger partial charge in [0.1, 0.15) is 0 Å². The van der Waals surface area contributed by atoms with Crippen LogP contribution in [0.25, 0.3) is 0 Å². The van der Waals surface area contributed by atoms with Crippen LogP contribution in [0.5, 0.6) is 0 Å². The van der Waals surface area contributed by atoms with Gasteiger partial charge in [0.2, 0.25) is 0 Å². The molecular weight excluding hydrogens is 191 g/mol. The summed E-state index contributed by atoms with van der Waals surface area (Å²) in [4.78, 5) is 19.5. The maximum atomic E-state index is 11.1. The Balaban J connectivity index is 3.91. The molecule has 0 aromatic rings. The van der Waals surface area contributed by atoms with E-state index in [9.17, 15) is 9.36 Å². The molecule has 2 unspecified atom stereocenters. The topological polar surface area (TPSA) is 63.6 Å². The Morgan fingerprint density at radius 3 is 2.54 bits per heavy atom. The summed E-state index contributed by atoms with van der Waals surface area (Å²) in [5.74, 6) is -0.761. The lowest BCUT2D eigenvalue weighted by atomic mass is 10.00. The predicted molar refractivity (Wildman–Crippen MR) is 50.6 cm³/mol. The number of unbranched alkanes of at least 4 members (excludes halogenated alkanes) is 1. The van der Waals surface area contributed by atoms with Gasteiger partial charge in [0.25, 0.3) is 0 Å². The van der Waals surface area contributed by atoms with E-state index in [1.54, 1.807) is 0 Å². The third-order valence-corrected chi connectivity index (χ3v) is 2.30. The first-order valence-corrected chi connectivity index (χ1v) is 5.82. The minimum atomic E-state index is -3.11. The molecule has 0 saturated carbocycles. The van der Waals surface area contributed by atoms with E-state index in [0.717, 1.165) is 19.3 Å². The third-order valence-electron chi connectivity index (χ3n) is 1.92. The summed E-state index contributed by atoms with van der Waals surface area (Å²) in [5.41, 5.74) is 0. The Morgan fingerprint density at radius 1 is 1.54 bits per heavy atom. The second-order valence-electron chi connectivity index (χ2n) is 2.93. The van der Waals surface area contributed by atoms with Gasteiger partial charge < -0.3 is 9.42 Å². The van der Waals surface area contributed by atoms with Crippen molar-refractivity contribution in [1.29, 1.82) is 0 Å².